The summed E-state index contributed by atoms with van der Waals surface area (Å²) in [4.78, 5) is 4.58. The van der Waals surface area contributed by atoms with Crippen molar-refractivity contribution in [3.8, 4) is 11.3 Å². The van der Waals surface area contributed by atoms with Gasteiger partial charge in [-0.25, -0.2) is 12.4 Å². The molecule has 0 aliphatic rings. The molecule has 6 rings (SSSR count). The van der Waals surface area contributed by atoms with Gasteiger partial charge in [0.1, 0.15) is 0 Å². The van der Waals surface area contributed by atoms with Gasteiger partial charge in [-0.3, -0.25) is 4.98 Å². The van der Waals surface area contributed by atoms with Crippen LogP contribution in [-0.4, -0.2) is 37.2 Å². The van der Waals surface area contributed by atoms with Gasteiger partial charge >= 0.3 is 0 Å². The van der Waals surface area contributed by atoms with E-state index in [9.17, 15) is 8.42 Å². The minimum Gasteiger partial charge on any atom is -0.256 e. The molecule has 0 bridgehead atoms. The summed E-state index contributed by atoms with van der Waals surface area (Å²) in [5, 5.41) is 14.4. The van der Waals surface area contributed by atoms with Gasteiger partial charge in [0.25, 0.3) is 10.0 Å². The summed E-state index contributed by atoms with van der Waals surface area (Å²) in [5.74, 6) is 0.715. The molecule has 0 saturated carbocycles. The SMILES string of the molecule is O=S(=O)(c1ccc(-c2ccc3nnc(Cc4ccc5ncccc5c4)n3n2)cc1)n1cccc1. The maximum absolute atomic E-state index is 12.7. The van der Waals surface area contributed by atoms with Crippen molar-refractivity contribution in [3.05, 3.63) is 109 Å². The van der Waals surface area contributed by atoms with E-state index >= 15 is 0 Å². The second-order valence-electron chi connectivity index (χ2n) is 7.85. The van der Waals surface area contributed by atoms with Crippen LogP contribution in [0.1, 0.15) is 11.4 Å². The molecular weight excluding hydrogens is 448 g/mol. The van der Waals surface area contributed by atoms with Gasteiger partial charge in [-0.15, -0.1) is 10.2 Å². The molecule has 166 valence electrons. The molecule has 9 heteroatoms. The number of hydrogen-bond acceptors (Lipinski definition) is 6. The lowest BCUT2D eigenvalue weighted by molar-refractivity contribution is 0.587. The molecule has 8 nitrogen and oxygen atoms in total. The summed E-state index contributed by atoms with van der Waals surface area (Å²) in [5.41, 5.74) is 4.17. The molecule has 0 spiro atoms. The Morgan fingerprint density at radius 3 is 2.47 bits per heavy atom. The molecule has 4 heterocycles. The Hall–Kier alpha value is -4.37. The third-order valence-corrected chi connectivity index (χ3v) is 7.33. The lowest BCUT2D eigenvalue weighted by atomic mass is 10.1. The van der Waals surface area contributed by atoms with Gasteiger partial charge in [0.2, 0.25) is 0 Å². The van der Waals surface area contributed by atoms with Crippen LogP contribution in [-0.2, 0) is 16.4 Å². The van der Waals surface area contributed by atoms with Crippen molar-refractivity contribution in [2.75, 3.05) is 0 Å². The van der Waals surface area contributed by atoms with E-state index in [0.29, 0.717) is 23.6 Å². The maximum Gasteiger partial charge on any atom is 0.267 e. The first kappa shape index (κ1) is 20.3. The smallest absolute Gasteiger partial charge is 0.256 e. The van der Waals surface area contributed by atoms with Crippen molar-refractivity contribution in [3.63, 3.8) is 0 Å². The van der Waals surface area contributed by atoms with Gasteiger partial charge in [-0.05, 0) is 60.2 Å². The predicted molar refractivity (Wildman–Crippen MR) is 128 cm³/mol. The molecule has 2 aromatic carbocycles. The Kier molecular flexibility index (Phi) is 4.70. The van der Waals surface area contributed by atoms with Crippen molar-refractivity contribution >= 4 is 26.6 Å². The normalized spacial score (nSPS) is 11.9. The molecule has 0 aliphatic heterocycles. The molecule has 4 aromatic heterocycles. The van der Waals surface area contributed by atoms with Crippen LogP contribution >= 0.6 is 0 Å². The zero-order valence-corrected chi connectivity index (χ0v) is 18.7. The van der Waals surface area contributed by atoms with Gasteiger partial charge in [0.15, 0.2) is 11.5 Å². The highest BCUT2D eigenvalue weighted by Gasteiger charge is 2.16. The summed E-state index contributed by atoms with van der Waals surface area (Å²) in [6.45, 7) is 0. The van der Waals surface area contributed by atoms with Crippen molar-refractivity contribution in [2.45, 2.75) is 11.3 Å². The molecule has 0 atom stereocenters. The Labute approximate surface area is 195 Å². The van der Waals surface area contributed by atoms with Crippen LogP contribution in [0.4, 0.5) is 0 Å². The van der Waals surface area contributed by atoms with Crippen LogP contribution in [0, 0.1) is 0 Å². The number of aromatic nitrogens is 6. The highest BCUT2D eigenvalue weighted by Crippen LogP contribution is 2.22. The number of pyridine rings is 1. The minimum atomic E-state index is -3.61. The first-order chi connectivity index (χ1) is 16.6. The molecule has 0 saturated heterocycles. The monoisotopic (exact) mass is 466 g/mol. The third kappa shape index (κ3) is 3.52. The Morgan fingerprint density at radius 1 is 0.824 bits per heavy atom. The first-order valence-corrected chi connectivity index (χ1v) is 12.1. The summed E-state index contributed by atoms with van der Waals surface area (Å²) in [6, 6.07) is 23.8. The van der Waals surface area contributed by atoms with E-state index in [2.05, 4.69) is 21.2 Å². The van der Waals surface area contributed by atoms with E-state index in [-0.39, 0.29) is 4.90 Å². The number of fused-ring (bicyclic) bond motifs is 2. The Balaban J connectivity index is 1.32. The fraction of sp³-hybridized carbons (Fsp3) is 0.0400. The molecule has 0 amide bonds. The van der Waals surface area contributed by atoms with E-state index in [4.69, 9.17) is 5.10 Å². The van der Waals surface area contributed by atoms with E-state index < -0.39 is 10.0 Å². The van der Waals surface area contributed by atoms with Crippen LogP contribution < -0.4 is 0 Å². The zero-order chi connectivity index (χ0) is 23.1. The lowest BCUT2D eigenvalue weighted by Crippen LogP contribution is -2.10. The van der Waals surface area contributed by atoms with Gasteiger partial charge in [-0.1, -0.05) is 24.3 Å². The molecule has 6 aromatic rings. The quantitative estimate of drug-likeness (QED) is 0.382. The van der Waals surface area contributed by atoms with E-state index in [0.717, 1.165) is 22.0 Å². The number of hydrogen-bond donors (Lipinski definition) is 0. The number of rotatable bonds is 5. The highest BCUT2D eigenvalue weighted by atomic mass is 32.2. The molecule has 0 radical (unpaired) electrons. The van der Waals surface area contributed by atoms with Gasteiger partial charge in [0.05, 0.1) is 16.1 Å². The Morgan fingerprint density at radius 2 is 1.65 bits per heavy atom. The van der Waals surface area contributed by atoms with Gasteiger partial charge in [0, 0.05) is 36.0 Å². The number of benzene rings is 2. The van der Waals surface area contributed by atoms with E-state index in [1.165, 1.54) is 16.4 Å². The van der Waals surface area contributed by atoms with E-state index in [1.807, 2.05) is 36.4 Å². The standard InChI is InChI=1S/C25H18N6O2S/c32-34(33,30-14-1-2-15-30)21-8-6-19(7-9-21)23-11-12-24-27-28-25(31(24)29-23)17-18-5-10-22-20(16-18)4-3-13-26-22/h1-16H,17H2. The minimum absolute atomic E-state index is 0.212. The second-order valence-corrected chi connectivity index (χ2v) is 9.70. The van der Waals surface area contributed by atoms with Crippen LogP contribution in [0.25, 0.3) is 27.8 Å². The summed E-state index contributed by atoms with van der Waals surface area (Å²) in [6.07, 6.45) is 5.37. The average Bonchev–Trinajstić information content (AvgIpc) is 3.55. The topological polar surface area (TPSA) is 95.0 Å². The summed E-state index contributed by atoms with van der Waals surface area (Å²) in [7, 11) is -3.61. The molecular formula is C25H18N6O2S. The largest absolute Gasteiger partial charge is 0.267 e. The summed E-state index contributed by atoms with van der Waals surface area (Å²) < 4.78 is 28.3. The molecule has 0 aliphatic carbocycles. The second kappa shape index (κ2) is 7.89. The zero-order valence-electron chi connectivity index (χ0n) is 17.9. The average molecular weight is 467 g/mol. The van der Waals surface area contributed by atoms with Crippen molar-refractivity contribution in [1.29, 1.82) is 0 Å². The van der Waals surface area contributed by atoms with Crippen molar-refractivity contribution < 1.29 is 8.42 Å². The maximum atomic E-state index is 12.7. The van der Waals surface area contributed by atoms with Crippen molar-refractivity contribution in [1.82, 2.24) is 28.8 Å². The molecule has 34 heavy (non-hydrogen) atoms. The van der Waals surface area contributed by atoms with Crippen LogP contribution in [0.15, 0.2) is 102 Å². The lowest BCUT2D eigenvalue weighted by Gasteiger charge is -2.07. The summed E-state index contributed by atoms with van der Waals surface area (Å²) >= 11 is 0. The van der Waals surface area contributed by atoms with Gasteiger partial charge in [-0.2, -0.15) is 9.61 Å². The molecule has 0 fully saturated rings. The van der Waals surface area contributed by atoms with Crippen LogP contribution in [0.3, 0.4) is 0 Å². The van der Waals surface area contributed by atoms with Gasteiger partial charge < -0.3 is 0 Å². The van der Waals surface area contributed by atoms with Crippen LogP contribution in [0.5, 0.6) is 0 Å². The number of nitrogens with zero attached hydrogens (tertiary/aromatic N) is 6. The van der Waals surface area contributed by atoms with E-state index in [1.54, 1.807) is 47.1 Å². The fourth-order valence-corrected chi connectivity index (χ4v) is 5.10. The van der Waals surface area contributed by atoms with Crippen LogP contribution in [0.2, 0.25) is 0 Å². The molecule has 0 unspecified atom stereocenters. The fourth-order valence-electron chi connectivity index (χ4n) is 3.91. The predicted octanol–water partition coefficient (Wildman–Crippen LogP) is 3.97. The Bertz CT molecular complexity index is 1740. The first-order valence-electron chi connectivity index (χ1n) is 10.6. The molecule has 0 N–H and O–H groups in total. The van der Waals surface area contributed by atoms with Crippen molar-refractivity contribution in [2.24, 2.45) is 0 Å². The highest BCUT2D eigenvalue weighted by molar-refractivity contribution is 7.90. The third-order valence-electron chi connectivity index (χ3n) is 5.66.